The summed E-state index contributed by atoms with van der Waals surface area (Å²) < 4.78 is 10.9. The summed E-state index contributed by atoms with van der Waals surface area (Å²) in [4.78, 5) is 2.70. The van der Waals surface area contributed by atoms with Crippen LogP contribution in [0.5, 0.6) is 11.5 Å². The second-order valence-electron chi connectivity index (χ2n) is 7.19. The van der Waals surface area contributed by atoms with Crippen molar-refractivity contribution >= 4 is 0 Å². The maximum absolute atomic E-state index is 5.52. The number of nitrogens with zero attached hydrogens (tertiary/aromatic N) is 1. The second-order valence-corrected chi connectivity index (χ2v) is 7.19. The van der Waals surface area contributed by atoms with Crippen LogP contribution >= 0.6 is 0 Å². The van der Waals surface area contributed by atoms with Gasteiger partial charge in [0.05, 0.1) is 0 Å². The van der Waals surface area contributed by atoms with Gasteiger partial charge in [0, 0.05) is 6.04 Å². The number of likely N-dealkylation sites (tertiary alicyclic amines) is 1. The van der Waals surface area contributed by atoms with Gasteiger partial charge in [-0.3, -0.25) is 0 Å². The zero-order chi connectivity index (χ0) is 15.9. The standard InChI is InChI=1S/C21H23NO2/c1-2-10-22(9-1)19-7-5-16-11-15(3-4-17(16)12-19)18-6-8-20-21(13-18)24-14-23-20/h3-4,6,8,11,13,19H,1-2,5,7,9-10,12,14H2. The summed E-state index contributed by atoms with van der Waals surface area (Å²) in [5.41, 5.74) is 5.57. The van der Waals surface area contributed by atoms with E-state index in [9.17, 15) is 0 Å². The number of hydrogen-bond acceptors (Lipinski definition) is 3. The van der Waals surface area contributed by atoms with E-state index in [0.717, 1.165) is 17.5 Å². The Morgan fingerprint density at radius 2 is 1.62 bits per heavy atom. The van der Waals surface area contributed by atoms with Crippen LogP contribution < -0.4 is 9.47 Å². The van der Waals surface area contributed by atoms with Crippen LogP contribution in [0.15, 0.2) is 36.4 Å². The average molecular weight is 321 g/mol. The Kier molecular flexibility index (Phi) is 3.48. The van der Waals surface area contributed by atoms with Gasteiger partial charge in [0.1, 0.15) is 0 Å². The number of fused-ring (bicyclic) bond motifs is 2. The van der Waals surface area contributed by atoms with Crippen molar-refractivity contribution in [1.29, 1.82) is 0 Å². The molecule has 0 spiro atoms. The largest absolute Gasteiger partial charge is 0.454 e. The normalized spacial score (nSPS) is 22.6. The predicted octanol–water partition coefficient (Wildman–Crippen LogP) is 4.04. The van der Waals surface area contributed by atoms with Crippen LogP contribution in [0.2, 0.25) is 0 Å². The van der Waals surface area contributed by atoms with Gasteiger partial charge in [-0.1, -0.05) is 24.3 Å². The molecule has 1 unspecified atom stereocenters. The van der Waals surface area contributed by atoms with E-state index < -0.39 is 0 Å². The van der Waals surface area contributed by atoms with E-state index in [1.165, 1.54) is 61.9 Å². The third-order valence-electron chi connectivity index (χ3n) is 5.77. The number of hydrogen-bond donors (Lipinski definition) is 0. The van der Waals surface area contributed by atoms with E-state index in [2.05, 4.69) is 35.2 Å². The lowest BCUT2D eigenvalue weighted by atomic mass is 9.85. The topological polar surface area (TPSA) is 21.7 Å². The Labute approximate surface area is 143 Å². The third kappa shape index (κ3) is 2.48. The number of aryl methyl sites for hydroxylation is 1. The summed E-state index contributed by atoms with van der Waals surface area (Å²) in [6.07, 6.45) is 6.49. The van der Waals surface area contributed by atoms with Gasteiger partial charge < -0.3 is 14.4 Å². The summed E-state index contributed by atoms with van der Waals surface area (Å²) in [5, 5.41) is 0. The van der Waals surface area contributed by atoms with Gasteiger partial charge in [-0.2, -0.15) is 0 Å². The van der Waals surface area contributed by atoms with Crippen molar-refractivity contribution in [3.63, 3.8) is 0 Å². The van der Waals surface area contributed by atoms with Crippen molar-refractivity contribution in [2.75, 3.05) is 19.9 Å². The van der Waals surface area contributed by atoms with Gasteiger partial charge in [0.25, 0.3) is 0 Å². The number of ether oxygens (including phenoxy) is 2. The minimum atomic E-state index is 0.334. The minimum absolute atomic E-state index is 0.334. The Morgan fingerprint density at radius 1 is 0.833 bits per heavy atom. The molecule has 2 aromatic rings. The molecule has 3 heteroatoms. The maximum atomic E-state index is 5.52. The Hall–Kier alpha value is -2.00. The lowest BCUT2D eigenvalue weighted by Crippen LogP contribution is -2.37. The van der Waals surface area contributed by atoms with Crippen LogP contribution in [0.4, 0.5) is 0 Å². The van der Waals surface area contributed by atoms with Crippen LogP contribution in [0.3, 0.4) is 0 Å². The highest BCUT2D eigenvalue weighted by atomic mass is 16.7. The van der Waals surface area contributed by atoms with Gasteiger partial charge in [0.15, 0.2) is 11.5 Å². The molecular formula is C21H23NO2. The first kappa shape index (κ1) is 14.4. The molecule has 3 aliphatic rings. The van der Waals surface area contributed by atoms with Gasteiger partial charge >= 0.3 is 0 Å². The van der Waals surface area contributed by atoms with Crippen molar-refractivity contribution < 1.29 is 9.47 Å². The molecule has 0 amide bonds. The molecule has 24 heavy (non-hydrogen) atoms. The highest BCUT2D eigenvalue weighted by molar-refractivity contribution is 5.68. The molecule has 1 atom stereocenters. The molecule has 3 nitrogen and oxygen atoms in total. The van der Waals surface area contributed by atoms with Crippen LogP contribution in [0.1, 0.15) is 30.4 Å². The van der Waals surface area contributed by atoms with Gasteiger partial charge in [-0.05, 0) is 79.6 Å². The van der Waals surface area contributed by atoms with Gasteiger partial charge in [-0.25, -0.2) is 0 Å². The monoisotopic (exact) mass is 321 g/mol. The average Bonchev–Trinajstić information content (AvgIpc) is 3.31. The van der Waals surface area contributed by atoms with Crippen LogP contribution in [0.25, 0.3) is 11.1 Å². The van der Waals surface area contributed by atoms with E-state index in [1.54, 1.807) is 5.56 Å². The third-order valence-corrected chi connectivity index (χ3v) is 5.77. The summed E-state index contributed by atoms with van der Waals surface area (Å²) in [6, 6.07) is 14.0. The molecule has 1 aliphatic carbocycles. The number of rotatable bonds is 2. The molecule has 0 aromatic heterocycles. The lowest BCUT2D eigenvalue weighted by molar-refractivity contribution is 0.174. The van der Waals surface area contributed by atoms with E-state index in [4.69, 9.17) is 9.47 Å². The molecule has 124 valence electrons. The van der Waals surface area contributed by atoms with E-state index in [1.807, 2.05) is 6.07 Å². The summed E-state index contributed by atoms with van der Waals surface area (Å²) in [5.74, 6) is 1.71. The fraction of sp³-hybridized carbons (Fsp3) is 0.429. The van der Waals surface area contributed by atoms with Crippen molar-refractivity contribution in [1.82, 2.24) is 4.90 Å². The van der Waals surface area contributed by atoms with Crippen molar-refractivity contribution in [3.8, 4) is 22.6 Å². The molecule has 0 N–H and O–H groups in total. The van der Waals surface area contributed by atoms with Crippen LogP contribution in [-0.4, -0.2) is 30.8 Å². The summed E-state index contributed by atoms with van der Waals surface area (Å²) in [7, 11) is 0. The zero-order valence-corrected chi connectivity index (χ0v) is 14.0. The Morgan fingerprint density at radius 3 is 2.54 bits per heavy atom. The second kappa shape index (κ2) is 5.82. The predicted molar refractivity (Wildman–Crippen MR) is 94.6 cm³/mol. The Bertz CT molecular complexity index is 764. The highest BCUT2D eigenvalue weighted by Crippen LogP contribution is 2.37. The van der Waals surface area contributed by atoms with Crippen LogP contribution in [-0.2, 0) is 12.8 Å². The smallest absolute Gasteiger partial charge is 0.231 e. The summed E-state index contributed by atoms with van der Waals surface area (Å²) in [6.45, 7) is 2.94. The molecule has 5 rings (SSSR count). The fourth-order valence-corrected chi connectivity index (χ4v) is 4.41. The maximum Gasteiger partial charge on any atom is 0.231 e. The van der Waals surface area contributed by atoms with Crippen molar-refractivity contribution in [3.05, 3.63) is 47.5 Å². The molecule has 0 radical (unpaired) electrons. The van der Waals surface area contributed by atoms with Gasteiger partial charge in [-0.15, -0.1) is 0 Å². The first-order chi connectivity index (χ1) is 11.9. The molecule has 1 fully saturated rings. The molecule has 1 saturated heterocycles. The van der Waals surface area contributed by atoms with Crippen LogP contribution in [0, 0.1) is 0 Å². The first-order valence-electron chi connectivity index (χ1n) is 9.13. The summed E-state index contributed by atoms with van der Waals surface area (Å²) >= 11 is 0. The molecular weight excluding hydrogens is 298 g/mol. The van der Waals surface area contributed by atoms with Crippen molar-refractivity contribution in [2.45, 2.75) is 38.1 Å². The lowest BCUT2D eigenvalue weighted by Gasteiger charge is -2.32. The molecule has 0 saturated carbocycles. The fourth-order valence-electron chi connectivity index (χ4n) is 4.41. The molecule has 2 aromatic carbocycles. The molecule has 2 heterocycles. The highest BCUT2D eigenvalue weighted by Gasteiger charge is 2.26. The Balaban J connectivity index is 1.40. The van der Waals surface area contributed by atoms with E-state index >= 15 is 0 Å². The molecule has 2 aliphatic heterocycles. The first-order valence-corrected chi connectivity index (χ1v) is 9.13. The van der Waals surface area contributed by atoms with Crippen molar-refractivity contribution in [2.24, 2.45) is 0 Å². The minimum Gasteiger partial charge on any atom is -0.454 e. The number of benzene rings is 2. The van der Waals surface area contributed by atoms with E-state index in [-0.39, 0.29) is 0 Å². The van der Waals surface area contributed by atoms with E-state index in [0.29, 0.717) is 6.79 Å². The van der Waals surface area contributed by atoms with Gasteiger partial charge in [0.2, 0.25) is 6.79 Å². The quantitative estimate of drug-likeness (QED) is 0.833. The zero-order valence-electron chi connectivity index (χ0n) is 14.0. The SMILES string of the molecule is c1cc2c(cc1-c1ccc3c(c1)OCO3)CCC(N1CCCC1)C2. The molecule has 0 bridgehead atoms.